The highest BCUT2D eigenvalue weighted by Crippen LogP contribution is 2.56. The largest absolute Gasteiger partial charge is 0.510 e. The van der Waals surface area contributed by atoms with Crippen LogP contribution in [0.2, 0.25) is 0 Å². The van der Waals surface area contributed by atoms with Crippen molar-refractivity contribution in [2.75, 3.05) is 26.0 Å². The molecule has 2 amide bonds. The molecule has 14 heteroatoms. The molecule has 14 nitrogen and oxygen atoms in total. The number of rotatable bonds is 7. The molecule has 0 heterocycles. The van der Waals surface area contributed by atoms with Crippen LogP contribution in [0, 0.1) is 17.8 Å². The van der Waals surface area contributed by atoms with Crippen molar-refractivity contribution >= 4 is 29.1 Å². The van der Waals surface area contributed by atoms with Gasteiger partial charge in [0, 0.05) is 11.5 Å². The molecule has 0 bridgehead atoms. The Labute approximate surface area is 240 Å². The number of fused-ring (bicyclic) bond motifs is 3. The highest BCUT2D eigenvalue weighted by Gasteiger charge is 2.67. The minimum absolute atomic E-state index is 0.0192. The second-order valence-corrected chi connectivity index (χ2v) is 11.7. The maximum absolute atomic E-state index is 13.9. The summed E-state index contributed by atoms with van der Waals surface area (Å²) in [5.74, 6) is -10.1. The predicted octanol–water partition coefficient (Wildman–Crippen LogP) is -0.479. The number of Topliss-reactive ketones (excluding diaryl/α,β-unsaturated/α-hetero) is 2. The number of aliphatic hydroxyl groups excluding tert-OH is 3. The van der Waals surface area contributed by atoms with Crippen molar-refractivity contribution in [3.8, 4) is 5.75 Å². The van der Waals surface area contributed by atoms with Crippen LogP contribution >= 0.6 is 0 Å². The Morgan fingerprint density at radius 3 is 2.38 bits per heavy atom. The topological polar surface area (TPSA) is 232 Å². The summed E-state index contributed by atoms with van der Waals surface area (Å²) in [5.41, 5.74) is 3.25. The molecular formula is C28H34N4O10. The molecule has 0 aliphatic heterocycles. The standard InChI is InChI=1S/C28H34N4O10/c1-9-7-13(9)42-30-8-14(33)31-12-6-5-11-10(2)15-17(22(35)16(11)21(12)34)25(38)28(41)19(23(15)36)20(32(3)4)24(37)18(26(28)39)27(29)40/h5-6,9-10,13,15,19-20,23,30,34,36-38,41H,7-8H2,1-4H3,(H2,29,40)(H,31,33)/t9?,10?,13?,15?,19?,20-,23?,28-/m0/s1. The molecule has 1 aromatic carbocycles. The first-order valence-electron chi connectivity index (χ1n) is 13.5. The summed E-state index contributed by atoms with van der Waals surface area (Å²) in [4.78, 5) is 58.6. The van der Waals surface area contributed by atoms with Crippen molar-refractivity contribution < 1.29 is 49.5 Å². The monoisotopic (exact) mass is 586 g/mol. The van der Waals surface area contributed by atoms with E-state index in [0.717, 1.165) is 6.42 Å². The number of aromatic hydroxyl groups is 1. The van der Waals surface area contributed by atoms with Gasteiger partial charge in [0.25, 0.3) is 5.91 Å². The summed E-state index contributed by atoms with van der Waals surface area (Å²) < 4.78 is 0. The van der Waals surface area contributed by atoms with E-state index in [-0.39, 0.29) is 29.5 Å². The van der Waals surface area contributed by atoms with E-state index >= 15 is 0 Å². The lowest BCUT2D eigenvalue weighted by molar-refractivity contribution is -0.162. The smallest absolute Gasteiger partial charge is 0.255 e. The average molecular weight is 587 g/mol. The Balaban J connectivity index is 1.56. The van der Waals surface area contributed by atoms with Gasteiger partial charge in [-0.05, 0) is 44.0 Å². The molecule has 4 aliphatic rings. The summed E-state index contributed by atoms with van der Waals surface area (Å²) in [6.45, 7) is 3.38. The fourth-order valence-electron chi connectivity index (χ4n) is 6.58. The molecule has 0 radical (unpaired) electrons. The van der Waals surface area contributed by atoms with Gasteiger partial charge in [0.15, 0.2) is 17.1 Å². The van der Waals surface area contributed by atoms with E-state index in [1.54, 1.807) is 6.92 Å². The van der Waals surface area contributed by atoms with Crippen molar-refractivity contribution in [3.63, 3.8) is 0 Å². The summed E-state index contributed by atoms with van der Waals surface area (Å²) in [7, 11) is 2.93. The minimum atomic E-state index is -3.00. The van der Waals surface area contributed by atoms with Gasteiger partial charge in [-0.15, -0.1) is 0 Å². The van der Waals surface area contributed by atoms with Gasteiger partial charge >= 0.3 is 0 Å². The first kappa shape index (κ1) is 29.7. The number of carbonyl (C=O) groups is 4. The fourth-order valence-corrected chi connectivity index (χ4v) is 6.58. The third kappa shape index (κ3) is 4.21. The van der Waals surface area contributed by atoms with Gasteiger partial charge in [0.05, 0.1) is 35.4 Å². The number of nitrogens with two attached hydrogens (primary N) is 1. The van der Waals surface area contributed by atoms with E-state index < -0.39 is 87.3 Å². The number of amides is 2. The number of hydrogen-bond donors (Lipinski definition) is 8. The number of hydroxylamine groups is 1. The Bertz CT molecular complexity index is 1470. The summed E-state index contributed by atoms with van der Waals surface area (Å²) in [6.07, 6.45) is -0.800. The van der Waals surface area contributed by atoms with Crippen molar-refractivity contribution in [3.05, 3.63) is 45.9 Å². The number of phenols is 1. The number of hydrogen-bond acceptors (Lipinski definition) is 12. The van der Waals surface area contributed by atoms with Gasteiger partial charge in [0.1, 0.15) is 23.6 Å². The number of aliphatic hydroxyl groups is 4. The number of anilines is 1. The van der Waals surface area contributed by atoms with Gasteiger partial charge in [-0.25, -0.2) is 0 Å². The molecule has 6 unspecified atom stereocenters. The lowest BCUT2D eigenvalue weighted by Gasteiger charge is -2.53. The van der Waals surface area contributed by atoms with Gasteiger partial charge in [-0.2, -0.15) is 5.48 Å². The zero-order valence-corrected chi connectivity index (χ0v) is 23.4. The molecule has 8 atom stereocenters. The Kier molecular flexibility index (Phi) is 7.18. The molecule has 226 valence electrons. The third-order valence-electron chi connectivity index (χ3n) is 8.91. The Morgan fingerprint density at radius 1 is 1.17 bits per heavy atom. The number of benzene rings is 1. The number of primary amides is 1. The third-order valence-corrected chi connectivity index (χ3v) is 8.91. The number of likely N-dealkylation sites (N-methyl/N-ethyl adjacent to an activating group) is 1. The van der Waals surface area contributed by atoms with E-state index in [0.29, 0.717) is 5.92 Å². The molecule has 0 saturated heterocycles. The second kappa shape index (κ2) is 10.2. The first-order valence-corrected chi connectivity index (χ1v) is 13.5. The lowest BCUT2D eigenvalue weighted by Crippen LogP contribution is -2.68. The van der Waals surface area contributed by atoms with Crippen molar-refractivity contribution in [1.82, 2.24) is 10.4 Å². The Hall–Kier alpha value is -3.82. The summed E-state index contributed by atoms with van der Waals surface area (Å²) in [5, 5.41) is 59.3. The molecule has 9 N–H and O–H groups in total. The fraction of sp³-hybridized carbons (Fsp3) is 0.500. The zero-order valence-electron chi connectivity index (χ0n) is 23.4. The van der Waals surface area contributed by atoms with Crippen LogP contribution in [0.15, 0.2) is 34.8 Å². The molecule has 0 spiro atoms. The van der Waals surface area contributed by atoms with Crippen LogP contribution in [-0.4, -0.2) is 98.3 Å². The van der Waals surface area contributed by atoms with Crippen LogP contribution in [0.5, 0.6) is 5.75 Å². The van der Waals surface area contributed by atoms with Crippen LogP contribution in [0.25, 0.3) is 0 Å². The quantitative estimate of drug-likeness (QED) is 0.115. The lowest BCUT2D eigenvalue weighted by atomic mass is 9.55. The molecule has 0 aromatic heterocycles. The summed E-state index contributed by atoms with van der Waals surface area (Å²) >= 11 is 0. The van der Waals surface area contributed by atoms with E-state index in [4.69, 9.17) is 10.6 Å². The van der Waals surface area contributed by atoms with E-state index in [1.807, 2.05) is 6.92 Å². The molecule has 1 saturated carbocycles. The van der Waals surface area contributed by atoms with Crippen LogP contribution in [0.1, 0.15) is 42.1 Å². The molecule has 1 aromatic rings. The SMILES string of the molecule is CC1CC1ONCC(=O)Nc1ccc2c(c1O)C(=O)C1=C(O)[C@]3(O)C(=O)C(C(N)=O)=C(O)[C@@H](N(C)C)C3C(O)C1C2C. The van der Waals surface area contributed by atoms with Crippen LogP contribution in [0.3, 0.4) is 0 Å². The molecule has 5 rings (SSSR count). The van der Waals surface area contributed by atoms with Crippen LogP contribution in [-0.2, 0) is 19.2 Å². The normalized spacial score (nSPS) is 33.7. The van der Waals surface area contributed by atoms with Gasteiger partial charge in [0.2, 0.25) is 11.7 Å². The number of ketones is 2. The number of nitrogens with zero attached hydrogens (tertiary/aromatic N) is 1. The zero-order chi connectivity index (χ0) is 31.0. The Morgan fingerprint density at radius 2 is 1.81 bits per heavy atom. The maximum atomic E-state index is 13.9. The molecular weight excluding hydrogens is 552 g/mol. The van der Waals surface area contributed by atoms with Crippen molar-refractivity contribution in [1.29, 1.82) is 0 Å². The molecule has 4 aliphatic carbocycles. The van der Waals surface area contributed by atoms with E-state index in [2.05, 4.69) is 10.8 Å². The highest BCUT2D eigenvalue weighted by molar-refractivity contribution is 6.25. The molecule has 42 heavy (non-hydrogen) atoms. The van der Waals surface area contributed by atoms with E-state index in [1.165, 1.54) is 31.1 Å². The number of phenolic OH excluding ortho intramolecular Hbond substituents is 1. The second-order valence-electron chi connectivity index (χ2n) is 11.7. The van der Waals surface area contributed by atoms with E-state index in [9.17, 15) is 44.7 Å². The predicted molar refractivity (Wildman–Crippen MR) is 145 cm³/mol. The van der Waals surface area contributed by atoms with Gasteiger partial charge in [-0.3, -0.25) is 28.9 Å². The van der Waals surface area contributed by atoms with Gasteiger partial charge < -0.3 is 36.6 Å². The van der Waals surface area contributed by atoms with Crippen molar-refractivity contribution in [2.45, 2.75) is 50.0 Å². The first-order chi connectivity index (χ1) is 19.6. The van der Waals surface area contributed by atoms with Crippen LogP contribution < -0.4 is 16.5 Å². The minimum Gasteiger partial charge on any atom is -0.510 e. The van der Waals surface area contributed by atoms with Crippen molar-refractivity contribution in [2.24, 2.45) is 23.5 Å². The number of nitrogens with one attached hydrogen (secondary N) is 2. The molecule has 1 fully saturated rings. The van der Waals surface area contributed by atoms with Crippen LogP contribution in [0.4, 0.5) is 5.69 Å². The summed E-state index contributed by atoms with van der Waals surface area (Å²) in [6, 6.07) is 1.53. The maximum Gasteiger partial charge on any atom is 0.255 e. The average Bonchev–Trinajstić information content (AvgIpc) is 3.61. The van der Waals surface area contributed by atoms with Gasteiger partial charge in [-0.1, -0.05) is 19.9 Å². The highest BCUT2D eigenvalue weighted by atomic mass is 16.7. The number of carbonyl (C=O) groups excluding carboxylic acids is 4.